The molecule has 0 saturated carbocycles. The van der Waals surface area contributed by atoms with E-state index in [9.17, 15) is 12.8 Å². The zero-order valence-corrected chi connectivity index (χ0v) is 12.2. The molecule has 108 valence electrons. The molecule has 1 aliphatic heterocycles. The van der Waals surface area contributed by atoms with Gasteiger partial charge >= 0.3 is 0 Å². The summed E-state index contributed by atoms with van der Waals surface area (Å²) in [5.74, 6) is -0.217. The highest BCUT2D eigenvalue weighted by Gasteiger charge is 2.29. The van der Waals surface area contributed by atoms with Gasteiger partial charge in [0.15, 0.2) is 0 Å². The standard InChI is InChI=1S/C14H10ClFN2O2S/c15-11-7-9(5-6-12(11)16)8-17-14-10-3-1-2-4-13(10)21(19,20)18-14/h1-7H,8H2,(H,17,18). The second kappa shape index (κ2) is 5.13. The number of rotatable bonds is 2. The van der Waals surface area contributed by atoms with Crippen LogP contribution >= 0.6 is 11.6 Å². The van der Waals surface area contributed by atoms with E-state index >= 15 is 0 Å². The number of nitrogens with one attached hydrogen (secondary N) is 1. The molecule has 0 unspecified atom stereocenters. The van der Waals surface area contributed by atoms with E-state index < -0.39 is 15.8 Å². The number of hydrogen-bond donors (Lipinski definition) is 1. The predicted octanol–water partition coefficient (Wildman–Crippen LogP) is 2.72. The summed E-state index contributed by atoms with van der Waals surface area (Å²) in [6.07, 6.45) is 0. The fraction of sp³-hybridized carbons (Fsp3) is 0.0714. The van der Waals surface area contributed by atoms with E-state index in [1.807, 2.05) is 0 Å². The highest BCUT2D eigenvalue weighted by molar-refractivity contribution is 7.90. The van der Waals surface area contributed by atoms with Crippen molar-refractivity contribution in [3.63, 3.8) is 0 Å². The fourth-order valence-corrected chi connectivity index (χ4v) is 3.51. The molecule has 0 radical (unpaired) electrons. The molecule has 3 rings (SSSR count). The van der Waals surface area contributed by atoms with E-state index in [4.69, 9.17) is 11.6 Å². The Morgan fingerprint density at radius 2 is 1.95 bits per heavy atom. The average Bonchev–Trinajstić information content (AvgIpc) is 2.72. The lowest BCUT2D eigenvalue weighted by atomic mass is 10.2. The van der Waals surface area contributed by atoms with Crippen LogP contribution in [0.3, 0.4) is 0 Å². The maximum absolute atomic E-state index is 13.1. The number of amidine groups is 1. The van der Waals surface area contributed by atoms with Crippen molar-refractivity contribution in [2.75, 3.05) is 0 Å². The lowest BCUT2D eigenvalue weighted by molar-refractivity contribution is 0.595. The molecule has 1 heterocycles. The normalized spacial score (nSPS) is 17.5. The van der Waals surface area contributed by atoms with Gasteiger partial charge in [0, 0.05) is 5.56 Å². The molecule has 0 spiro atoms. The smallest absolute Gasteiger partial charge is 0.263 e. The van der Waals surface area contributed by atoms with Crippen LogP contribution in [0, 0.1) is 5.82 Å². The van der Waals surface area contributed by atoms with Gasteiger partial charge in [0.25, 0.3) is 10.0 Å². The van der Waals surface area contributed by atoms with Gasteiger partial charge in [-0.15, -0.1) is 0 Å². The van der Waals surface area contributed by atoms with Gasteiger partial charge in [-0.2, -0.15) is 0 Å². The molecule has 0 aliphatic carbocycles. The minimum atomic E-state index is -3.54. The molecule has 0 amide bonds. The molecule has 0 aromatic heterocycles. The Kier molecular flexibility index (Phi) is 3.43. The first-order chi connectivity index (χ1) is 9.97. The number of fused-ring (bicyclic) bond motifs is 1. The molecule has 0 fully saturated rings. The Balaban J connectivity index is 1.93. The molecular formula is C14H10ClFN2O2S. The third kappa shape index (κ3) is 2.64. The van der Waals surface area contributed by atoms with E-state index in [0.717, 1.165) is 0 Å². The van der Waals surface area contributed by atoms with Gasteiger partial charge in [-0.1, -0.05) is 29.8 Å². The Morgan fingerprint density at radius 1 is 1.19 bits per heavy atom. The Labute approximate surface area is 126 Å². The molecule has 1 aliphatic rings. The van der Waals surface area contributed by atoms with Crippen molar-refractivity contribution in [2.24, 2.45) is 4.99 Å². The van der Waals surface area contributed by atoms with E-state index in [1.165, 1.54) is 18.2 Å². The van der Waals surface area contributed by atoms with Crippen LogP contribution in [0.15, 0.2) is 52.4 Å². The van der Waals surface area contributed by atoms with Crippen LogP contribution < -0.4 is 4.72 Å². The van der Waals surface area contributed by atoms with Gasteiger partial charge in [0.2, 0.25) is 0 Å². The number of nitrogens with zero attached hydrogens (tertiary/aromatic N) is 1. The first kappa shape index (κ1) is 14.0. The van der Waals surface area contributed by atoms with E-state index in [-0.39, 0.29) is 22.3 Å². The number of halogens is 2. The molecule has 21 heavy (non-hydrogen) atoms. The number of aliphatic imine (C=N–C) groups is 1. The molecule has 7 heteroatoms. The number of benzene rings is 2. The second-order valence-corrected chi connectivity index (χ2v) is 6.57. The third-order valence-electron chi connectivity index (χ3n) is 3.07. The Hall–Kier alpha value is -1.92. The van der Waals surface area contributed by atoms with Crippen LogP contribution in [0.25, 0.3) is 0 Å². The Bertz CT molecular complexity index is 850. The largest absolute Gasteiger partial charge is 0.263 e. The first-order valence-corrected chi connectivity index (χ1v) is 7.94. The highest BCUT2D eigenvalue weighted by Crippen LogP contribution is 2.23. The minimum absolute atomic E-state index is 0.0140. The van der Waals surface area contributed by atoms with Crippen LogP contribution in [-0.4, -0.2) is 14.3 Å². The molecule has 4 nitrogen and oxygen atoms in total. The Morgan fingerprint density at radius 3 is 2.71 bits per heavy atom. The summed E-state index contributed by atoms with van der Waals surface area (Å²) in [4.78, 5) is 4.46. The minimum Gasteiger partial charge on any atom is -0.263 e. The quantitative estimate of drug-likeness (QED) is 0.923. The van der Waals surface area contributed by atoms with Gasteiger partial charge in [-0.25, -0.2) is 12.8 Å². The molecule has 1 N–H and O–H groups in total. The summed E-state index contributed by atoms with van der Waals surface area (Å²) in [7, 11) is -3.54. The van der Waals surface area contributed by atoms with Gasteiger partial charge in [0.05, 0.1) is 16.5 Å². The van der Waals surface area contributed by atoms with Crippen molar-refractivity contribution in [2.45, 2.75) is 11.4 Å². The van der Waals surface area contributed by atoms with Crippen molar-refractivity contribution < 1.29 is 12.8 Å². The summed E-state index contributed by atoms with van der Waals surface area (Å²) in [6.45, 7) is 0.201. The molecule has 2 aromatic carbocycles. The fourth-order valence-electron chi connectivity index (χ4n) is 2.06. The van der Waals surface area contributed by atoms with Crippen LogP contribution in [0.5, 0.6) is 0 Å². The number of hydrogen-bond acceptors (Lipinski definition) is 3. The topological polar surface area (TPSA) is 58.5 Å². The lowest BCUT2D eigenvalue weighted by Gasteiger charge is -2.01. The summed E-state index contributed by atoms with van der Waals surface area (Å²) < 4.78 is 39.3. The highest BCUT2D eigenvalue weighted by atomic mass is 35.5. The maximum atomic E-state index is 13.1. The van der Waals surface area contributed by atoms with Crippen molar-refractivity contribution in [1.82, 2.24) is 4.72 Å². The summed E-state index contributed by atoms with van der Waals surface area (Å²) in [6, 6.07) is 10.9. The van der Waals surface area contributed by atoms with Crippen LogP contribution in [0.1, 0.15) is 11.1 Å². The van der Waals surface area contributed by atoms with Crippen LogP contribution in [-0.2, 0) is 16.6 Å². The summed E-state index contributed by atoms with van der Waals surface area (Å²) in [5, 5.41) is 0.0140. The average molecular weight is 325 g/mol. The van der Waals surface area contributed by atoms with Gasteiger partial charge in [0.1, 0.15) is 11.7 Å². The van der Waals surface area contributed by atoms with Crippen molar-refractivity contribution >= 4 is 27.5 Å². The molecule has 2 aromatic rings. The van der Waals surface area contributed by atoms with E-state index in [0.29, 0.717) is 11.1 Å². The monoisotopic (exact) mass is 324 g/mol. The van der Waals surface area contributed by atoms with Crippen molar-refractivity contribution in [3.8, 4) is 0 Å². The first-order valence-electron chi connectivity index (χ1n) is 6.08. The lowest BCUT2D eigenvalue weighted by Crippen LogP contribution is -2.22. The van der Waals surface area contributed by atoms with E-state index in [1.54, 1.807) is 24.3 Å². The molecule has 0 saturated heterocycles. The zero-order valence-electron chi connectivity index (χ0n) is 10.7. The van der Waals surface area contributed by atoms with Gasteiger partial charge < -0.3 is 0 Å². The SMILES string of the molecule is O=S1(=O)NC(=NCc2ccc(F)c(Cl)c2)c2ccccc21. The summed E-state index contributed by atoms with van der Waals surface area (Å²) >= 11 is 5.70. The maximum Gasteiger partial charge on any atom is 0.263 e. The number of sulfonamides is 1. The third-order valence-corrected chi connectivity index (χ3v) is 4.75. The van der Waals surface area contributed by atoms with Crippen molar-refractivity contribution in [3.05, 3.63) is 64.4 Å². The van der Waals surface area contributed by atoms with Crippen LogP contribution in [0.4, 0.5) is 4.39 Å². The van der Waals surface area contributed by atoms with Crippen LogP contribution in [0.2, 0.25) is 5.02 Å². The van der Waals surface area contributed by atoms with Gasteiger partial charge in [-0.3, -0.25) is 9.71 Å². The molecular weight excluding hydrogens is 315 g/mol. The predicted molar refractivity (Wildman–Crippen MR) is 78.4 cm³/mol. The summed E-state index contributed by atoms with van der Waals surface area (Å²) in [5.41, 5.74) is 1.23. The molecule has 0 bridgehead atoms. The molecule has 0 atom stereocenters. The second-order valence-electron chi connectivity index (χ2n) is 4.51. The van der Waals surface area contributed by atoms with E-state index in [2.05, 4.69) is 9.71 Å². The van der Waals surface area contributed by atoms with Crippen molar-refractivity contribution in [1.29, 1.82) is 0 Å². The van der Waals surface area contributed by atoms with Gasteiger partial charge in [-0.05, 0) is 29.8 Å². The zero-order chi connectivity index (χ0) is 15.0.